The summed E-state index contributed by atoms with van der Waals surface area (Å²) >= 11 is 0. The highest BCUT2D eigenvalue weighted by molar-refractivity contribution is 5.74. The number of esters is 1. The lowest BCUT2D eigenvalue weighted by atomic mass is 9.88. The average molecular weight is 323 g/mol. The van der Waals surface area contributed by atoms with Gasteiger partial charge in [0.25, 0.3) is 0 Å². The average Bonchev–Trinajstić information content (AvgIpc) is 3.00. The number of benzene rings is 2. The van der Waals surface area contributed by atoms with Crippen LogP contribution in [0.5, 0.6) is 0 Å². The van der Waals surface area contributed by atoms with Crippen LogP contribution in [0.1, 0.15) is 29.5 Å². The topological polar surface area (TPSA) is 29.5 Å². The molecule has 2 atom stereocenters. The molecule has 0 saturated carbocycles. The van der Waals surface area contributed by atoms with Crippen LogP contribution in [0, 0.1) is 12.8 Å². The molecule has 1 aliphatic rings. The fraction of sp³-hybridized carbons (Fsp3) is 0.381. The third-order valence-corrected chi connectivity index (χ3v) is 4.70. The molecular formula is C21H25NO2. The van der Waals surface area contributed by atoms with Crippen LogP contribution in [0.15, 0.2) is 54.6 Å². The minimum Gasteiger partial charge on any atom is -0.466 e. The van der Waals surface area contributed by atoms with Crippen LogP contribution in [0.25, 0.3) is 0 Å². The van der Waals surface area contributed by atoms with Gasteiger partial charge in [-0.1, -0.05) is 60.2 Å². The Morgan fingerprint density at radius 1 is 1.12 bits per heavy atom. The van der Waals surface area contributed by atoms with E-state index in [-0.39, 0.29) is 17.8 Å². The lowest BCUT2D eigenvalue weighted by Crippen LogP contribution is -2.25. The Hall–Kier alpha value is -2.13. The highest BCUT2D eigenvalue weighted by Crippen LogP contribution is 2.34. The maximum atomic E-state index is 12.5. The minimum atomic E-state index is -0.0875. The molecule has 1 fully saturated rings. The third kappa shape index (κ3) is 3.85. The van der Waals surface area contributed by atoms with Gasteiger partial charge in [0.15, 0.2) is 0 Å². The van der Waals surface area contributed by atoms with Crippen LogP contribution in [0.4, 0.5) is 0 Å². The summed E-state index contributed by atoms with van der Waals surface area (Å²) < 4.78 is 5.34. The van der Waals surface area contributed by atoms with Gasteiger partial charge >= 0.3 is 5.97 Å². The highest BCUT2D eigenvalue weighted by atomic mass is 16.5. The van der Waals surface area contributed by atoms with Crippen LogP contribution >= 0.6 is 0 Å². The van der Waals surface area contributed by atoms with Crippen LogP contribution in [-0.4, -0.2) is 30.6 Å². The molecule has 3 rings (SSSR count). The normalized spacial score (nSPS) is 20.9. The molecule has 2 aromatic rings. The summed E-state index contributed by atoms with van der Waals surface area (Å²) in [7, 11) is 0. The summed E-state index contributed by atoms with van der Waals surface area (Å²) in [6, 6.07) is 18.9. The smallest absolute Gasteiger partial charge is 0.310 e. The summed E-state index contributed by atoms with van der Waals surface area (Å²) in [5, 5.41) is 0. The lowest BCUT2D eigenvalue weighted by Gasteiger charge is -2.17. The first kappa shape index (κ1) is 16.7. The molecule has 0 spiro atoms. The molecule has 0 radical (unpaired) electrons. The van der Waals surface area contributed by atoms with E-state index in [4.69, 9.17) is 4.74 Å². The van der Waals surface area contributed by atoms with Gasteiger partial charge in [0.1, 0.15) is 0 Å². The Labute approximate surface area is 144 Å². The molecule has 0 amide bonds. The zero-order valence-corrected chi connectivity index (χ0v) is 14.4. The zero-order valence-electron chi connectivity index (χ0n) is 14.4. The lowest BCUT2D eigenvalue weighted by molar-refractivity contribution is -0.148. The molecule has 126 valence electrons. The molecule has 0 aliphatic carbocycles. The highest BCUT2D eigenvalue weighted by Gasteiger charge is 2.39. The van der Waals surface area contributed by atoms with Crippen molar-refractivity contribution in [3.63, 3.8) is 0 Å². The standard InChI is InChI=1S/C21H25NO2/c1-3-24-21(23)20-15-22(13-17-9-5-4-6-10-17)14-19(20)18-11-7-8-16(2)12-18/h4-12,19-20H,3,13-15H2,1-2H3. The number of aryl methyl sites for hydroxylation is 1. The molecule has 1 heterocycles. The van der Waals surface area contributed by atoms with Crippen molar-refractivity contribution < 1.29 is 9.53 Å². The fourth-order valence-corrected chi connectivity index (χ4v) is 3.58. The second-order valence-electron chi connectivity index (χ2n) is 6.56. The van der Waals surface area contributed by atoms with E-state index in [0.29, 0.717) is 6.61 Å². The molecule has 3 heteroatoms. The Balaban J connectivity index is 1.80. The first-order valence-electron chi connectivity index (χ1n) is 8.67. The summed E-state index contributed by atoms with van der Waals surface area (Å²) in [5.74, 6) is 0.0442. The summed E-state index contributed by atoms with van der Waals surface area (Å²) in [6.07, 6.45) is 0. The SMILES string of the molecule is CCOC(=O)C1CN(Cc2ccccc2)CC1c1cccc(C)c1. The summed E-state index contributed by atoms with van der Waals surface area (Å²) in [5.41, 5.74) is 3.75. The number of nitrogens with zero attached hydrogens (tertiary/aromatic N) is 1. The van der Waals surface area contributed by atoms with Gasteiger partial charge in [0, 0.05) is 25.6 Å². The van der Waals surface area contributed by atoms with E-state index >= 15 is 0 Å². The molecule has 2 unspecified atom stereocenters. The molecule has 0 N–H and O–H groups in total. The maximum absolute atomic E-state index is 12.5. The Morgan fingerprint density at radius 2 is 1.92 bits per heavy atom. The van der Waals surface area contributed by atoms with Gasteiger partial charge < -0.3 is 4.74 Å². The molecule has 1 aliphatic heterocycles. The van der Waals surface area contributed by atoms with Crippen molar-refractivity contribution in [1.82, 2.24) is 4.90 Å². The van der Waals surface area contributed by atoms with E-state index in [1.54, 1.807) is 0 Å². The van der Waals surface area contributed by atoms with Crippen molar-refractivity contribution in [2.45, 2.75) is 26.3 Å². The first-order valence-corrected chi connectivity index (χ1v) is 8.67. The molecule has 3 nitrogen and oxygen atoms in total. The van der Waals surface area contributed by atoms with E-state index in [1.807, 2.05) is 13.0 Å². The summed E-state index contributed by atoms with van der Waals surface area (Å²) in [6.45, 7) is 6.93. The number of carbonyl (C=O) groups excluding carboxylic acids is 1. The van der Waals surface area contributed by atoms with E-state index in [2.05, 4.69) is 60.4 Å². The predicted octanol–water partition coefficient (Wildman–Crippen LogP) is 3.77. The van der Waals surface area contributed by atoms with Crippen molar-refractivity contribution in [2.24, 2.45) is 5.92 Å². The molecule has 0 aromatic heterocycles. The molecule has 1 saturated heterocycles. The number of hydrogen-bond acceptors (Lipinski definition) is 3. The largest absolute Gasteiger partial charge is 0.466 e. The third-order valence-electron chi connectivity index (χ3n) is 4.70. The van der Waals surface area contributed by atoms with Gasteiger partial charge in [0.05, 0.1) is 12.5 Å². The number of carbonyl (C=O) groups is 1. The first-order chi connectivity index (χ1) is 11.7. The van der Waals surface area contributed by atoms with E-state index in [1.165, 1.54) is 16.7 Å². The number of hydrogen-bond donors (Lipinski definition) is 0. The van der Waals surface area contributed by atoms with Crippen molar-refractivity contribution in [3.8, 4) is 0 Å². The second kappa shape index (κ2) is 7.63. The van der Waals surface area contributed by atoms with Crippen LogP contribution in [0.2, 0.25) is 0 Å². The van der Waals surface area contributed by atoms with Crippen LogP contribution < -0.4 is 0 Å². The fourth-order valence-electron chi connectivity index (χ4n) is 3.58. The van der Waals surface area contributed by atoms with Gasteiger partial charge in [-0.05, 0) is 25.0 Å². The van der Waals surface area contributed by atoms with Crippen molar-refractivity contribution in [1.29, 1.82) is 0 Å². The van der Waals surface area contributed by atoms with E-state index < -0.39 is 0 Å². The Morgan fingerprint density at radius 3 is 2.62 bits per heavy atom. The maximum Gasteiger partial charge on any atom is 0.310 e. The van der Waals surface area contributed by atoms with Gasteiger partial charge in [-0.3, -0.25) is 9.69 Å². The Bertz CT molecular complexity index is 683. The number of rotatable bonds is 5. The van der Waals surface area contributed by atoms with E-state index in [9.17, 15) is 4.79 Å². The quantitative estimate of drug-likeness (QED) is 0.784. The molecular weight excluding hydrogens is 298 g/mol. The van der Waals surface area contributed by atoms with Crippen LogP contribution in [-0.2, 0) is 16.1 Å². The van der Waals surface area contributed by atoms with Crippen molar-refractivity contribution in [2.75, 3.05) is 19.7 Å². The molecule has 24 heavy (non-hydrogen) atoms. The zero-order chi connectivity index (χ0) is 16.9. The molecule has 0 bridgehead atoms. The van der Waals surface area contributed by atoms with Gasteiger partial charge in [-0.15, -0.1) is 0 Å². The van der Waals surface area contributed by atoms with Crippen molar-refractivity contribution >= 4 is 5.97 Å². The predicted molar refractivity (Wildman–Crippen MR) is 95.8 cm³/mol. The summed E-state index contributed by atoms with van der Waals surface area (Å²) in [4.78, 5) is 14.8. The minimum absolute atomic E-state index is 0.0698. The Kier molecular flexibility index (Phi) is 5.31. The van der Waals surface area contributed by atoms with Gasteiger partial charge in [-0.25, -0.2) is 0 Å². The monoisotopic (exact) mass is 323 g/mol. The van der Waals surface area contributed by atoms with Crippen molar-refractivity contribution in [3.05, 3.63) is 71.3 Å². The van der Waals surface area contributed by atoms with Gasteiger partial charge in [-0.2, -0.15) is 0 Å². The van der Waals surface area contributed by atoms with E-state index in [0.717, 1.165) is 19.6 Å². The second-order valence-corrected chi connectivity index (χ2v) is 6.56. The van der Waals surface area contributed by atoms with Gasteiger partial charge in [0.2, 0.25) is 0 Å². The van der Waals surface area contributed by atoms with Crippen LogP contribution in [0.3, 0.4) is 0 Å². The number of likely N-dealkylation sites (tertiary alicyclic amines) is 1. The number of ether oxygens (including phenoxy) is 1. The molecule has 2 aromatic carbocycles.